The predicted molar refractivity (Wildman–Crippen MR) is 106 cm³/mol. The number of halogens is 2. The first-order valence-electron chi connectivity index (χ1n) is 9.10. The maximum Gasteiger partial charge on any atom is 0.245 e. The van der Waals surface area contributed by atoms with Crippen LogP contribution >= 0.6 is 11.6 Å². The molecule has 0 saturated carbocycles. The predicted octanol–water partition coefficient (Wildman–Crippen LogP) is 3.34. The van der Waals surface area contributed by atoms with E-state index < -0.39 is 22.2 Å². The Bertz CT molecular complexity index is 1040. The van der Waals surface area contributed by atoms with Crippen molar-refractivity contribution in [3.05, 3.63) is 58.6 Å². The minimum atomic E-state index is -4.03. The summed E-state index contributed by atoms with van der Waals surface area (Å²) in [4.78, 5) is 14.8. The Morgan fingerprint density at radius 1 is 1.21 bits per heavy atom. The maximum atomic E-state index is 14.3. The zero-order chi connectivity index (χ0) is 20.1. The summed E-state index contributed by atoms with van der Waals surface area (Å²) in [6, 6.07) is 10.9. The van der Waals surface area contributed by atoms with Crippen LogP contribution in [-0.2, 0) is 21.2 Å². The van der Waals surface area contributed by atoms with Crippen LogP contribution in [0, 0.1) is 6.92 Å². The number of para-hydroxylation sites is 1. The van der Waals surface area contributed by atoms with Gasteiger partial charge in [0.25, 0.3) is 0 Å². The summed E-state index contributed by atoms with van der Waals surface area (Å²) in [6.45, 7) is 1.78. The van der Waals surface area contributed by atoms with Gasteiger partial charge < -0.3 is 4.90 Å². The molecule has 1 amide bonds. The van der Waals surface area contributed by atoms with E-state index in [2.05, 4.69) is 0 Å². The third-order valence-electron chi connectivity index (χ3n) is 5.37. The van der Waals surface area contributed by atoms with Crippen molar-refractivity contribution in [1.82, 2.24) is 4.31 Å². The van der Waals surface area contributed by atoms with E-state index in [1.165, 1.54) is 12.1 Å². The van der Waals surface area contributed by atoms with Crippen molar-refractivity contribution < 1.29 is 17.6 Å². The number of carbonyl (C=O) groups excluding carboxylic acids is 1. The largest absolute Gasteiger partial charge is 0.310 e. The second-order valence-corrected chi connectivity index (χ2v) is 9.50. The number of benzene rings is 2. The van der Waals surface area contributed by atoms with E-state index in [-0.39, 0.29) is 23.8 Å². The zero-order valence-corrected chi connectivity index (χ0v) is 16.9. The molecule has 2 atom stereocenters. The number of carbonyl (C=O) groups is 1. The van der Waals surface area contributed by atoms with Gasteiger partial charge >= 0.3 is 0 Å². The van der Waals surface area contributed by atoms with Gasteiger partial charge in [-0.2, -0.15) is 4.31 Å². The van der Waals surface area contributed by atoms with Crippen LogP contribution in [-0.4, -0.2) is 43.9 Å². The number of aryl methyl sites for hydroxylation is 1. The minimum absolute atomic E-state index is 0.0469. The summed E-state index contributed by atoms with van der Waals surface area (Å²) < 4.78 is 41.8. The van der Waals surface area contributed by atoms with Crippen LogP contribution in [0.25, 0.3) is 0 Å². The molecule has 2 aliphatic heterocycles. The topological polar surface area (TPSA) is 57.7 Å². The lowest BCUT2D eigenvalue weighted by atomic mass is 10.1. The van der Waals surface area contributed by atoms with E-state index in [1.807, 2.05) is 24.3 Å². The highest BCUT2D eigenvalue weighted by molar-refractivity contribution is 7.89. The summed E-state index contributed by atoms with van der Waals surface area (Å²) in [7, 11) is -4.03. The van der Waals surface area contributed by atoms with Crippen LogP contribution in [0.4, 0.5) is 10.1 Å². The normalized spacial score (nSPS) is 22.5. The molecule has 1 saturated heterocycles. The Balaban J connectivity index is 1.68. The Hall–Kier alpha value is -1.96. The standard InChI is InChI=1S/C20H20ClFN2O3S/c1-13-10-15(21)6-7-19(13)28(26,27)24-12-16(22)11-18(24)20(25)23-9-8-14-4-2-3-5-17(14)23/h2-7,10,16,18H,8-9,11-12H2,1H3/t16-,18-/m0/s1. The fraction of sp³-hybridized carbons (Fsp3) is 0.350. The van der Waals surface area contributed by atoms with E-state index in [4.69, 9.17) is 11.6 Å². The molecule has 2 aliphatic rings. The van der Waals surface area contributed by atoms with Crippen molar-refractivity contribution in [2.24, 2.45) is 0 Å². The molecule has 28 heavy (non-hydrogen) atoms. The van der Waals surface area contributed by atoms with Gasteiger partial charge in [0.15, 0.2) is 0 Å². The van der Waals surface area contributed by atoms with Crippen LogP contribution in [0.1, 0.15) is 17.5 Å². The van der Waals surface area contributed by atoms with E-state index in [0.29, 0.717) is 23.6 Å². The van der Waals surface area contributed by atoms with Crippen molar-refractivity contribution >= 4 is 33.2 Å². The third-order valence-corrected chi connectivity index (χ3v) is 7.64. The molecule has 0 aliphatic carbocycles. The first-order chi connectivity index (χ1) is 13.3. The van der Waals surface area contributed by atoms with Crippen molar-refractivity contribution in [1.29, 1.82) is 0 Å². The molecule has 148 valence electrons. The molecule has 2 aromatic carbocycles. The lowest BCUT2D eigenvalue weighted by molar-refractivity contribution is -0.121. The molecular formula is C20H20ClFN2O3S. The van der Waals surface area contributed by atoms with Crippen LogP contribution < -0.4 is 4.90 Å². The van der Waals surface area contributed by atoms with E-state index in [9.17, 15) is 17.6 Å². The summed E-state index contributed by atoms with van der Waals surface area (Å²) >= 11 is 5.93. The second kappa shape index (κ2) is 7.13. The van der Waals surface area contributed by atoms with Gasteiger partial charge in [-0.15, -0.1) is 0 Å². The second-order valence-electron chi connectivity index (χ2n) is 7.20. The molecule has 5 nitrogen and oxygen atoms in total. The van der Waals surface area contributed by atoms with E-state index in [0.717, 1.165) is 15.6 Å². The van der Waals surface area contributed by atoms with Gasteiger partial charge in [-0.05, 0) is 48.7 Å². The highest BCUT2D eigenvalue weighted by Gasteiger charge is 2.46. The third kappa shape index (κ3) is 3.21. The number of sulfonamides is 1. The lowest BCUT2D eigenvalue weighted by Crippen LogP contribution is -2.47. The monoisotopic (exact) mass is 422 g/mol. The minimum Gasteiger partial charge on any atom is -0.310 e. The first kappa shape index (κ1) is 19.4. The van der Waals surface area contributed by atoms with Gasteiger partial charge in [-0.25, -0.2) is 12.8 Å². The highest BCUT2D eigenvalue weighted by Crippen LogP contribution is 2.34. The number of nitrogens with zero attached hydrogens (tertiary/aromatic N) is 2. The molecule has 0 radical (unpaired) electrons. The number of amides is 1. The Labute approximate surface area is 168 Å². The van der Waals surface area contributed by atoms with Gasteiger partial charge in [0.05, 0.1) is 4.90 Å². The Kier molecular flexibility index (Phi) is 4.93. The quantitative estimate of drug-likeness (QED) is 0.762. The van der Waals surface area contributed by atoms with E-state index >= 15 is 0 Å². The molecule has 8 heteroatoms. The van der Waals surface area contributed by atoms with E-state index in [1.54, 1.807) is 17.9 Å². The fourth-order valence-corrected chi connectivity index (χ4v) is 6.08. The summed E-state index contributed by atoms with van der Waals surface area (Å²) in [5, 5.41) is 0.419. The van der Waals surface area contributed by atoms with Crippen molar-refractivity contribution in [2.45, 2.75) is 36.9 Å². The Morgan fingerprint density at radius 2 is 1.96 bits per heavy atom. The SMILES string of the molecule is Cc1cc(Cl)ccc1S(=O)(=O)N1C[C@@H](F)C[C@H]1C(=O)N1CCc2ccccc21. The summed E-state index contributed by atoms with van der Waals surface area (Å²) in [5.74, 6) is -0.375. The van der Waals surface area contributed by atoms with Crippen LogP contribution in [0.2, 0.25) is 5.02 Å². The molecule has 0 bridgehead atoms. The van der Waals surface area contributed by atoms with Crippen LogP contribution in [0.5, 0.6) is 0 Å². The maximum absolute atomic E-state index is 14.3. The van der Waals surface area contributed by atoms with Gasteiger partial charge in [0, 0.05) is 30.2 Å². The van der Waals surface area contributed by atoms with Crippen molar-refractivity contribution in [2.75, 3.05) is 18.0 Å². The fourth-order valence-electron chi connectivity index (χ4n) is 4.02. The van der Waals surface area contributed by atoms with Gasteiger partial charge in [-0.3, -0.25) is 4.79 Å². The Morgan fingerprint density at radius 3 is 2.71 bits per heavy atom. The molecule has 0 unspecified atom stereocenters. The molecule has 1 fully saturated rings. The van der Waals surface area contributed by atoms with Crippen molar-refractivity contribution in [3.63, 3.8) is 0 Å². The molecule has 2 heterocycles. The molecule has 4 rings (SSSR count). The summed E-state index contributed by atoms with van der Waals surface area (Å²) in [5.41, 5.74) is 2.27. The van der Waals surface area contributed by atoms with Gasteiger partial charge in [0.2, 0.25) is 15.9 Å². The average molecular weight is 423 g/mol. The number of fused-ring (bicyclic) bond motifs is 1. The van der Waals surface area contributed by atoms with Crippen LogP contribution in [0.15, 0.2) is 47.4 Å². The molecule has 0 spiro atoms. The lowest BCUT2D eigenvalue weighted by Gasteiger charge is -2.28. The van der Waals surface area contributed by atoms with Gasteiger partial charge in [0.1, 0.15) is 12.2 Å². The summed E-state index contributed by atoms with van der Waals surface area (Å²) in [6.07, 6.45) is -0.811. The number of rotatable bonds is 3. The molecule has 0 aromatic heterocycles. The van der Waals surface area contributed by atoms with Gasteiger partial charge in [-0.1, -0.05) is 29.8 Å². The first-order valence-corrected chi connectivity index (χ1v) is 10.9. The smallest absolute Gasteiger partial charge is 0.245 e. The number of alkyl halides is 1. The molecular weight excluding hydrogens is 403 g/mol. The van der Waals surface area contributed by atoms with Crippen molar-refractivity contribution in [3.8, 4) is 0 Å². The average Bonchev–Trinajstić information content (AvgIpc) is 3.25. The number of hydrogen-bond acceptors (Lipinski definition) is 3. The molecule has 0 N–H and O–H groups in total. The highest BCUT2D eigenvalue weighted by atomic mass is 35.5. The molecule has 2 aromatic rings. The number of anilines is 1. The zero-order valence-electron chi connectivity index (χ0n) is 15.3. The number of hydrogen-bond donors (Lipinski definition) is 0. The van der Waals surface area contributed by atoms with Crippen LogP contribution in [0.3, 0.4) is 0 Å².